The van der Waals surface area contributed by atoms with E-state index in [0.29, 0.717) is 17.7 Å². The maximum atomic E-state index is 15.6. The molecule has 220 valence electrons. The van der Waals surface area contributed by atoms with Crippen LogP contribution in [-0.4, -0.2) is 29.1 Å². The minimum Gasteiger partial charge on any atom is -0.478 e. The molecule has 0 aliphatic carbocycles. The lowest BCUT2D eigenvalue weighted by atomic mass is 9.98. The van der Waals surface area contributed by atoms with Crippen molar-refractivity contribution >= 4 is 34.4 Å². The van der Waals surface area contributed by atoms with Crippen molar-refractivity contribution in [1.29, 1.82) is 0 Å². The first-order valence-corrected chi connectivity index (χ1v) is 14.5. The molecule has 0 saturated carbocycles. The van der Waals surface area contributed by atoms with Gasteiger partial charge in [0.05, 0.1) is 11.8 Å². The van der Waals surface area contributed by atoms with Gasteiger partial charge in [-0.05, 0) is 37.6 Å². The Balaban J connectivity index is 1.70. The van der Waals surface area contributed by atoms with Crippen LogP contribution >= 0.6 is 11.3 Å². The second kappa shape index (κ2) is 15.5. The minimum absolute atomic E-state index is 0.118. The molecule has 2 aromatic carbocycles. The molecule has 3 aromatic rings. The Kier molecular flexibility index (Phi) is 12.1. The molecular formula is C31H35F3N2O4S. The molecule has 41 heavy (non-hydrogen) atoms. The van der Waals surface area contributed by atoms with Crippen LogP contribution in [0.5, 0.6) is 0 Å². The molecule has 0 radical (unpaired) electrons. The fraction of sp³-hybridized carbons (Fsp3) is 0.387. The van der Waals surface area contributed by atoms with Crippen molar-refractivity contribution in [2.24, 2.45) is 0 Å². The predicted molar refractivity (Wildman–Crippen MR) is 155 cm³/mol. The monoisotopic (exact) mass is 588 g/mol. The summed E-state index contributed by atoms with van der Waals surface area (Å²) in [5.41, 5.74) is -0.146. The van der Waals surface area contributed by atoms with Gasteiger partial charge >= 0.3 is 5.97 Å². The van der Waals surface area contributed by atoms with Gasteiger partial charge in [0.1, 0.15) is 17.5 Å². The summed E-state index contributed by atoms with van der Waals surface area (Å²) in [6.45, 7) is 3.39. The number of aromatic nitrogens is 1. The van der Waals surface area contributed by atoms with Gasteiger partial charge < -0.3 is 9.84 Å². The quantitative estimate of drug-likeness (QED) is 0.137. The highest BCUT2D eigenvalue weighted by Crippen LogP contribution is 2.33. The zero-order valence-corrected chi connectivity index (χ0v) is 24.3. The molecule has 0 fully saturated rings. The van der Waals surface area contributed by atoms with E-state index in [1.165, 1.54) is 32.6 Å². The number of unbranched alkanes of at least 4 members (excludes halogenated alkanes) is 6. The van der Waals surface area contributed by atoms with Gasteiger partial charge in [0.25, 0.3) is 5.91 Å². The van der Waals surface area contributed by atoms with E-state index in [1.807, 2.05) is 0 Å². The molecule has 0 aliphatic rings. The highest BCUT2D eigenvalue weighted by Gasteiger charge is 2.21. The largest absolute Gasteiger partial charge is 0.478 e. The molecule has 0 spiro atoms. The lowest BCUT2D eigenvalue weighted by Crippen LogP contribution is -2.13. The Labute approximate surface area is 242 Å². The van der Waals surface area contributed by atoms with Crippen LogP contribution in [0.1, 0.15) is 92.8 Å². The van der Waals surface area contributed by atoms with Crippen molar-refractivity contribution < 1.29 is 32.6 Å². The third-order valence-corrected chi connectivity index (χ3v) is 7.53. The fourth-order valence-electron chi connectivity index (χ4n) is 4.44. The Morgan fingerprint density at radius 3 is 2.37 bits per heavy atom. The smallest absolute Gasteiger partial charge is 0.331 e. The summed E-state index contributed by atoms with van der Waals surface area (Å²) in [4.78, 5) is 28.0. The second-order valence-electron chi connectivity index (χ2n) is 9.82. The number of nitrogens with one attached hydrogen (secondary N) is 1. The number of halogens is 3. The van der Waals surface area contributed by atoms with Crippen LogP contribution in [0.3, 0.4) is 0 Å². The number of thiazole rings is 1. The number of benzene rings is 2. The number of carboxylic acid groups (broad SMARTS) is 1. The lowest BCUT2D eigenvalue weighted by molar-refractivity contribution is -0.132. The number of methoxy groups -OCH3 is 1. The molecule has 1 aromatic heterocycles. The molecule has 1 heterocycles. The first-order chi connectivity index (χ1) is 19.7. The third kappa shape index (κ3) is 8.74. The second-order valence-corrected chi connectivity index (χ2v) is 10.7. The maximum absolute atomic E-state index is 15.6. The van der Waals surface area contributed by atoms with Crippen molar-refractivity contribution in [1.82, 2.24) is 4.98 Å². The van der Waals surface area contributed by atoms with Crippen molar-refractivity contribution in [3.63, 3.8) is 0 Å². The van der Waals surface area contributed by atoms with E-state index in [1.54, 1.807) is 30.7 Å². The Morgan fingerprint density at radius 1 is 1.07 bits per heavy atom. The Hall–Kier alpha value is -3.50. The molecule has 10 heteroatoms. The highest BCUT2D eigenvalue weighted by molar-refractivity contribution is 7.14. The van der Waals surface area contributed by atoms with Crippen molar-refractivity contribution in [2.75, 3.05) is 12.4 Å². The molecule has 1 atom stereocenters. The Morgan fingerprint density at radius 2 is 1.73 bits per heavy atom. The molecule has 1 amide bonds. The number of carboxylic acids is 1. The number of ether oxygens (including phenoxy) is 1. The van der Waals surface area contributed by atoms with E-state index in [-0.39, 0.29) is 21.8 Å². The topological polar surface area (TPSA) is 88.5 Å². The van der Waals surface area contributed by atoms with Gasteiger partial charge in [-0.15, -0.1) is 11.3 Å². The number of amides is 1. The predicted octanol–water partition coefficient (Wildman–Crippen LogP) is 8.80. The average Bonchev–Trinajstić information content (AvgIpc) is 3.40. The van der Waals surface area contributed by atoms with E-state index in [2.05, 4.69) is 17.2 Å². The van der Waals surface area contributed by atoms with E-state index >= 15 is 4.39 Å². The number of hydrogen-bond acceptors (Lipinski definition) is 5. The number of carbonyl (C=O) groups excluding carboxylic acids is 1. The standard InChI is InChI=1S/C31H35F3N2O4S/c1-4-5-6-7-8-9-10-14-27(40-3)22-13-11-12-21(28(22)34)26-18-41-31(35-26)36-29(37)20-16-24(32)23(25(33)17-20)15-19(2)30(38)39/h11-13,15-18,27H,4-10,14H2,1-3H3,(H,38,39)(H,35,36,37). The number of anilines is 1. The van der Waals surface area contributed by atoms with Crippen LogP contribution in [0.2, 0.25) is 0 Å². The van der Waals surface area contributed by atoms with Crippen molar-refractivity contribution in [3.05, 3.63) is 75.4 Å². The SMILES string of the molecule is CCCCCCCCCC(OC)c1cccc(-c2csc(NC(=O)c3cc(F)c(C=C(C)C(=O)O)c(F)c3)n2)c1F. The first-order valence-electron chi connectivity index (χ1n) is 13.6. The van der Waals surface area contributed by atoms with Crippen LogP contribution in [0.25, 0.3) is 17.3 Å². The number of rotatable bonds is 15. The number of nitrogens with zero attached hydrogens (tertiary/aromatic N) is 1. The van der Waals surface area contributed by atoms with Gasteiger partial charge in [0.15, 0.2) is 5.13 Å². The van der Waals surface area contributed by atoms with E-state index < -0.39 is 41.0 Å². The number of hydrogen-bond donors (Lipinski definition) is 2. The summed E-state index contributed by atoms with van der Waals surface area (Å²) in [5.74, 6) is -4.76. The van der Waals surface area contributed by atoms with Crippen molar-refractivity contribution in [2.45, 2.75) is 71.3 Å². The van der Waals surface area contributed by atoms with E-state index in [9.17, 15) is 18.4 Å². The van der Waals surface area contributed by atoms with E-state index in [4.69, 9.17) is 9.84 Å². The van der Waals surface area contributed by atoms with Crippen LogP contribution in [0, 0.1) is 17.5 Å². The normalized spacial score (nSPS) is 12.4. The van der Waals surface area contributed by atoms with Crippen LogP contribution in [0.15, 0.2) is 41.3 Å². The Bertz CT molecular complexity index is 1370. The molecular weight excluding hydrogens is 553 g/mol. The average molecular weight is 589 g/mol. The van der Waals surface area contributed by atoms with Crippen LogP contribution in [-0.2, 0) is 9.53 Å². The molecule has 0 bridgehead atoms. The maximum Gasteiger partial charge on any atom is 0.331 e. The fourth-order valence-corrected chi connectivity index (χ4v) is 5.14. The summed E-state index contributed by atoms with van der Waals surface area (Å²) in [6.07, 6.45) is 9.19. The first kappa shape index (κ1) is 32.0. The zero-order chi connectivity index (χ0) is 29.9. The van der Waals surface area contributed by atoms with Gasteiger partial charge in [0, 0.05) is 40.3 Å². The molecule has 0 aliphatic heterocycles. The number of carbonyl (C=O) groups is 2. The van der Waals surface area contributed by atoms with Gasteiger partial charge in [-0.1, -0.05) is 64.0 Å². The summed E-state index contributed by atoms with van der Waals surface area (Å²) in [6, 6.07) is 6.65. The summed E-state index contributed by atoms with van der Waals surface area (Å²) < 4.78 is 50.1. The highest BCUT2D eigenvalue weighted by atomic mass is 32.1. The molecule has 2 N–H and O–H groups in total. The van der Waals surface area contributed by atoms with Gasteiger partial charge in [-0.25, -0.2) is 22.9 Å². The minimum atomic E-state index is -1.32. The molecule has 1 unspecified atom stereocenters. The molecule has 0 saturated heterocycles. The molecule has 6 nitrogen and oxygen atoms in total. The van der Waals surface area contributed by atoms with E-state index in [0.717, 1.165) is 48.8 Å². The summed E-state index contributed by atoms with van der Waals surface area (Å²) in [7, 11) is 1.57. The van der Waals surface area contributed by atoms with Gasteiger partial charge in [-0.3, -0.25) is 10.1 Å². The third-order valence-electron chi connectivity index (χ3n) is 6.77. The van der Waals surface area contributed by atoms with Crippen molar-refractivity contribution in [3.8, 4) is 11.3 Å². The van der Waals surface area contributed by atoms with Crippen LogP contribution < -0.4 is 5.32 Å². The number of aliphatic carboxylic acids is 1. The van der Waals surface area contributed by atoms with Crippen LogP contribution in [0.4, 0.5) is 18.3 Å². The lowest BCUT2D eigenvalue weighted by Gasteiger charge is -2.17. The zero-order valence-electron chi connectivity index (χ0n) is 23.4. The molecule has 3 rings (SSSR count). The summed E-state index contributed by atoms with van der Waals surface area (Å²) in [5, 5.41) is 13.1. The van der Waals surface area contributed by atoms with Gasteiger partial charge in [-0.2, -0.15) is 0 Å². The van der Waals surface area contributed by atoms with Gasteiger partial charge in [0.2, 0.25) is 0 Å². The summed E-state index contributed by atoms with van der Waals surface area (Å²) >= 11 is 1.04.